The van der Waals surface area contributed by atoms with Crippen molar-refractivity contribution in [1.29, 1.82) is 0 Å². The molecule has 0 unspecified atom stereocenters. The van der Waals surface area contributed by atoms with E-state index in [0.29, 0.717) is 25.5 Å². The molecule has 5 heteroatoms. The van der Waals surface area contributed by atoms with Gasteiger partial charge >= 0.3 is 0 Å². The van der Waals surface area contributed by atoms with Crippen molar-refractivity contribution in [2.75, 3.05) is 19.7 Å². The van der Waals surface area contributed by atoms with Crippen LogP contribution in [0, 0.1) is 19.8 Å². The van der Waals surface area contributed by atoms with E-state index in [2.05, 4.69) is 0 Å². The third-order valence-electron chi connectivity index (χ3n) is 4.47. The number of carbonyl (C=O) groups is 1. The molecule has 0 N–H and O–H groups in total. The molecule has 3 rings (SSSR count). The number of likely N-dealkylation sites (tertiary alicyclic amines) is 1. The summed E-state index contributed by atoms with van der Waals surface area (Å²) in [7, 11) is 0. The van der Waals surface area contributed by atoms with Gasteiger partial charge in [-0.3, -0.25) is 9.59 Å². The summed E-state index contributed by atoms with van der Waals surface area (Å²) >= 11 is 0. The molecule has 0 saturated carbocycles. The summed E-state index contributed by atoms with van der Waals surface area (Å²) in [4.78, 5) is 26.0. The van der Waals surface area contributed by atoms with Crippen LogP contribution >= 0.6 is 0 Å². The van der Waals surface area contributed by atoms with Crippen LogP contribution in [0.1, 0.15) is 34.7 Å². The highest BCUT2D eigenvalue weighted by Crippen LogP contribution is 2.22. The van der Waals surface area contributed by atoms with Gasteiger partial charge in [0, 0.05) is 31.1 Å². The Morgan fingerprint density at radius 3 is 2.84 bits per heavy atom. The maximum absolute atomic E-state index is 12.6. The summed E-state index contributed by atoms with van der Waals surface area (Å²) < 4.78 is 11.4. The summed E-state index contributed by atoms with van der Waals surface area (Å²) in [5.74, 6) is 1.50. The molecule has 0 aliphatic carbocycles. The first kappa shape index (κ1) is 17.3. The van der Waals surface area contributed by atoms with E-state index in [9.17, 15) is 9.59 Å². The molecule has 1 saturated heterocycles. The summed E-state index contributed by atoms with van der Waals surface area (Å²) in [6.45, 7) is 5.56. The highest BCUT2D eigenvalue weighted by molar-refractivity contribution is 5.91. The van der Waals surface area contributed by atoms with E-state index in [1.165, 1.54) is 12.1 Å². The minimum Gasteiger partial charge on any atom is -0.493 e. The average Bonchev–Trinajstić information content (AvgIpc) is 2.60. The predicted octanol–water partition coefficient (Wildman–Crippen LogP) is 3.19. The molecule has 132 valence electrons. The first-order valence-electron chi connectivity index (χ1n) is 8.62. The second-order valence-electron chi connectivity index (χ2n) is 6.60. The number of amides is 1. The van der Waals surface area contributed by atoms with Crippen molar-refractivity contribution < 1.29 is 13.9 Å². The Bertz CT molecular complexity index is 811. The fraction of sp³-hybridized carbons (Fsp3) is 0.400. The smallest absolute Gasteiger partial charge is 0.289 e. The highest BCUT2D eigenvalue weighted by atomic mass is 16.5. The summed E-state index contributed by atoms with van der Waals surface area (Å²) in [6, 6.07) is 10.6. The van der Waals surface area contributed by atoms with Crippen molar-refractivity contribution >= 4 is 5.91 Å². The van der Waals surface area contributed by atoms with Crippen molar-refractivity contribution in [2.24, 2.45) is 5.92 Å². The molecule has 1 aliphatic heterocycles. The van der Waals surface area contributed by atoms with Crippen molar-refractivity contribution in [3.05, 3.63) is 63.7 Å². The number of benzene rings is 1. The van der Waals surface area contributed by atoms with Gasteiger partial charge in [-0.25, -0.2) is 0 Å². The summed E-state index contributed by atoms with van der Waals surface area (Å²) in [6.07, 6.45) is 1.94. The van der Waals surface area contributed by atoms with Gasteiger partial charge < -0.3 is 14.1 Å². The van der Waals surface area contributed by atoms with Crippen LogP contribution in [0.5, 0.6) is 5.75 Å². The number of carbonyl (C=O) groups excluding carboxylic acids is 1. The first-order valence-corrected chi connectivity index (χ1v) is 8.62. The molecule has 2 heterocycles. The SMILES string of the molecule is Cc1cc(=O)cc(C(=O)N2CCC[C@@H](COc3ccccc3C)C2)o1. The number of aryl methyl sites for hydroxylation is 2. The average molecular weight is 341 g/mol. The Morgan fingerprint density at radius 1 is 1.28 bits per heavy atom. The van der Waals surface area contributed by atoms with Crippen molar-refractivity contribution in [3.63, 3.8) is 0 Å². The van der Waals surface area contributed by atoms with Crippen molar-refractivity contribution in [1.82, 2.24) is 4.90 Å². The largest absolute Gasteiger partial charge is 0.493 e. The topological polar surface area (TPSA) is 59.8 Å². The third kappa shape index (κ3) is 4.29. The van der Waals surface area contributed by atoms with E-state index in [0.717, 1.165) is 24.2 Å². The van der Waals surface area contributed by atoms with Crippen LogP contribution in [-0.4, -0.2) is 30.5 Å². The van der Waals surface area contributed by atoms with Crippen LogP contribution in [0.2, 0.25) is 0 Å². The fourth-order valence-corrected chi connectivity index (χ4v) is 3.18. The molecule has 0 bridgehead atoms. The van der Waals surface area contributed by atoms with Crippen LogP contribution in [0.15, 0.2) is 45.6 Å². The molecule has 1 aromatic carbocycles. The second kappa shape index (κ2) is 7.55. The molecular formula is C20H23NO4. The lowest BCUT2D eigenvalue weighted by atomic mass is 9.98. The van der Waals surface area contributed by atoms with Gasteiger partial charge in [-0.1, -0.05) is 18.2 Å². The third-order valence-corrected chi connectivity index (χ3v) is 4.47. The zero-order chi connectivity index (χ0) is 17.8. The Morgan fingerprint density at radius 2 is 2.08 bits per heavy atom. The Balaban J connectivity index is 1.63. The lowest BCUT2D eigenvalue weighted by Gasteiger charge is -2.32. The van der Waals surface area contributed by atoms with E-state index in [-0.39, 0.29) is 23.0 Å². The molecule has 5 nitrogen and oxygen atoms in total. The first-order chi connectivity index (χ1) is 12.0. The molecule has 1 aromatic heterocycles. The van der Waals surface area contributed by atoms with Crippen LogP contribution in [0.3, 0.4) is 0 Å². The van der Waals surface area contributed by atoms with Gasteiger partial charge in [-0.15, -0.1) is 0 Å². The fourth-order valence-electron chi connectivity index (χ4n) is 3.18. The molecule has 1 aliphatic rings. The van der Waals surface area contributed by atoms with Crippen LogP contribution in [0.4, 0.5) is 0 Å². The Labute approximate surface area is 147 Å². The lowest BCUT2D eigenvalue weighted by Crippen LogP contribution is -2.41. The Hall–Kier alpha value is -2.56. The number of hydrogen-bond acceptors (Lipinski definition) is 4. The van der Waals surface area contributed by atoms with Gasteiger partial charge in [-0.05, 0) is 38.3 Å². The molecule has 25 heavy (non-hydrogen) atoms. The van der Waals surface area contributed by atoms with Crippen molar-refractivity contribution in [3.8, 4) is 5.75 Å². The van der Waals surface area contributed by atoms with Gasteiger partial charge in [-0.2, -0.15) is 0 Å². The van der Waals surface area contributed by atoms with E-state index < -0.39 is 0 Å². The van der Waals surface area contributed by atoms with Crippen LogP contribution < -0.4 is 10.2 Å². The molecular weight excluding hydrogens is 318 g/mol. The zero-order valence-corrected chi connectivity index (χ0v) is 14.7. The zero-order valence-electron chi connectivity index (χ0n) is 14.7. The van der Waals surface area contributed by atoms with Crippen LogP contribution in [-0.2, 0) is 0 Å². The molecule has 0 radical (unpaired) electrons. The van der Waals surface area contributed by atoms with Gasteiger partial charge in [0.05, 0.1) is 6.61 Å². The highest BCUT2D eigenvalue weighted by Gasteiger charge is 2.26. The number of nitrogens with zero attached hydrogens (tertiary/aromatic N) is 1. The predicted molar refractivity (Wildman–Crippen MR) is 95.0 cm³/mol. The minimum absolute atomic E-state index is 0.116. The van der Waals surface area contributed by atoms with Gasteiger partial charge in [0.2, 0.25) is 0 Å². The quantitative estimate of drug-likeness (QED) is 0.857. The number of ether oxygens (including phenoxy) is 1. The molecule has 1 fully saturated rings. The number of rotatable bonds is 4. The van der Waals surface area contributed by atoms with E-state index >= 15 is 0 Å². The van der Waals surface area contributed by atoms with Gasteiger partial charge in [0.1, 0.15) is 11.5 Å². The maximum atomic E-state index is 12.6. The molecule has 1 amide bonds. The van der Waals surface area contributed by atoms with Gasteiger partial charge in [0.25, 0.3) is 5.91 Å². The lowest BCUT2D eigenvalue weighted by molar-refractivity contribution is 0.0597. The number of para-hydroxylation sites is 1. The molecule has 1 atom stereocenters. The maximum Gasteiger partial charge on any atom is 0.289 e. The number of hydrogen-bond donors (Lipinski definition) is 0. The van der Waals surface area contributed by atoms with Crippen LogP contribution in [0.25, 0.3) is 0 Å². The normalized spacial score (nSPS) is 17.4. The van der Waals surface area contributed by atoms with Gasteiger partial charge in [0.15, 0.2) is 11.2 Å². The summed E-state index contributed by atoms with van der Waals surface area (Å²) in [5, 5.41) is 0. The standard InChI is InChI=1S/C20H23NO4/c1-14-6-3-4-8-18(14)24-13-16-7-5-9-21(12-16)20(23)19-11-17(22)10-15(2)25-19/h3-4,6,8,10-11,16H,5,7,9,12-13H2,1-2H3/t16-/m1/s1. The second-order valence-corrected chi connectivity index (χ2v) is 6.60. The molecule has 0 spiro atoms. The minimum atomic E-state index is -0.221. The monoisotopic (exact) mass is 341 g/mol. The molecule has 2 aromatic rings. The number of piperidine rings is 1. The van der Waals surface area contributed by atoms with E-state index in [1.54, 1.807) is 11.8 Å². The van der Waals surface area contributed by atoms with Crippen molar-refractivity contribution in [2.45, 2.75) is 26.7 Å². The van der Waals surface area contributed by atoms with E-state index in [4.69, 9.17) is 9.15 Å². The van der Waals surface area contributed by atoms with E-state index in [1.807, 2.05) is 31.2 Å². The Kier molecular flexibility index (Phi) is 5.22. The summed E-state index contributed by atoms with van der Waals surface area (Å²) in [5.41, 5.74) is 0.899.